The lowest BCUT2D eigenvalue weighted by molar-refractivity contribution is -0.124. The average molecular weight is 869 g/mol. The van der Waals surface area contributed by atoms with E-state index in [-0.39, 0.29) is 33.6 Å². The van der Waals surface area contributed by atoms with Crippen molar-refractivity contribution in [3.8, 4) is 5.75 Å². The number of amides is 1. The Bertz CT molecular complexity index is 2380. The van der Waals surface area contributed by atoms with E-state index in [1.807, 2.05) is 45.4 Å². The molecule has 61 heavy (non-hydrogen) atoms. The molecule has 1 N–H and O–H groups in total. The Morgan fingerprint density at radius 1 is 0.902 bits per heavy atom. The molecule has 1 amide bonds. The van der Waals surface area contributed by atoms with Crippen molar-refractivity contribution in [1.82, 2.24) is 25.0 Å². The predicted molar refractivity (Wildman–Crippen MR) is 248 cm³/mol. The topological polar surface area (TPSA) is 138 Å². The first kappa shape index (κ1) is 47.6. The van der Waals surface area contributed by atoms with Crippen LogP contribution in [0.5, 0.6) is 5.75 Å². The molecule has 0 radical (unpaired) electrons. The average Bonchev–Trinajstić information content (AvgIpc) is 3.65. The van der Waals surface area contributed by atoms with E-state index in [0.717, 1.165) is 65.4 Å². The number of aryl methyl sites for hydroxylation is 4. The SMILES string of the molecule is CCC(CC)Oc1ccccc1S(=O)(=O)CCCCCc1cc([C@@H](c2ccc3c(nnn3CC)c2C)C(C)(C)C(=O)Nc2cnc(CO[Si](C)(C)C(C)(C)C)nc2)ccc1C. The van der Waals surface area contributed by atoms with Gasteiger partial charge in [0, 0.05) is 12.5 Å². The molecule has 0 aliphatic rings. The van der Waals surface area contributed by atoms with Crippen LogP contribution in [0.3, 0.4) is 0 Å². The minimum atomic E-state index is -3.52. The van der Waals surface area contributed by atoms with Crippen LogP contribution >= 0.6 is 0 Å². The summed E-state index contributed by atoms with van der Waals surface area (Å²) in [6.45, 7) is 26.3. The van der Waals surface area contributed by atoms with Crippen molar-refractivity contribution in [3.63, 3.8) is 0 Å². The van der Waals surface area contributed by atoms with Gasteiger partial charge in [0.15, 0.2) is 24.0 Å². The summed E-state index contributed by atoms with van der Waals surface area (Å²) in [6, 6.07) is 17.6. The summed E-state index contributed by atoms with van der Waals surface area (Å²) in [5, 5.41) is 12.2. The maximum Gasteiger partial charge on any atom is 0.231 e. The van der Waals surface area contributed by atoms with E-state index >= 15 is 0 Å². The predicted octanol–water partition coefficient (Wildman–Crippen LogP) is 10.9. The highest BCUT2D eigenvalue weighted by molar-refractivity contribution is 7.91. The minimum absolute atomic E-state index is 0.0243. The first-order chi connectivity index (χ1) is 28.7. The number of rotatable bonds is 20. The smallest absolute Gasteiger partial charge is 0.231 e. The fourth-order valence-corrected chi connectivity index (χ4v) is 10.0. The molecular weight excluding hydrogens is 801 g/mol. The lowest BCUT2D eigenvalue weighted by Gasteiger charge is -2.36. The zero-order valence-corrected chi connectivity index (χ0v) is 40.4. The highest BCUT2D eigenvalue weighted by Crippen LogP contribution is 2.45. The monoisotopic (exact) mass is 868 g/mol. The van der Waals surface area contributed by atoms with Gasteiger partial charge in [-0.3, -0.25) is 4.79 Å². The molecule has 0 saturated carbocycles. The van der Waals surface area contributed by atoms with Crippen LogP contribution < -0.4 is 10.1 Å². The van der Waals surface area contributed by atoms with Crippen molar-refractivity contribution in [3.05, 3.63) is 101 Å². The number of unbranched alkanes of at least 4 members (excludes halogenated alkanes) is 2. The van der Waals surface area contributed by atoms with Crippen LogP contribution in [0.2, 0.25) is 18.1 Å². The number of hydrogen-bond acceptors (Lipinski definition) is 9. The summed E-state index contributed by atoms with van der Waals surface area (Å²) < 4.78 is 41.3. The van der Waals surface area contributed by atoms with E-state index in [4.69, 9.17) is 9.16 Å². The number of benzene rings is 3. The molecule has 0 aliphatic heterocycles. The number of fused-ring (bicyclic) bond motifs is 1. The molecule has 13 heteroatoms. The minimum Gasteiger partial charge on any atom is -0.489 e. The Kier molecular flexibility index (Phi) is 15.4. The van der Waals surface area contributed by atoms with Crippen molar-refractivity contribution in [1.29, 1.82) is 0 Å². The van der Waals surface area contributed by atoms with Crippen molar-refractivity contribution in [2.24, 2.45) is 5.41 Å². The van der Waals surface area contributed by atoms with Crippen LogP contribution in [0.4, 0.5) is 5.69 Å². The summed E-state index contributed by atoms with van der Waals surface area (Å²) in [5.41, 5.74) is 6.65. The van der Waals surface area contributed by atoms with Gasteiger partial charge in [-0.15, -0.1) is 5.10 Å². The molecule has 0 spiro atoms. The first-order valence-corrected chi connectivity index (χ1v) is 26.5. The second kappa shape index (κ2) is 19.7. The van der Waals surface area contributed by atoms with Gasteiger partial charge < -0.3 is 14.5 Å². The summed E-state index contributed by atoms with van der Waals surface area (Å²) in [7, 11) is -5.51. The summed E-state index contributed by atoms with van der Waals surface area (Å²) in [4.78, 5) is 23.9. The molecule has 11 nitrogen and oxygen atoms in total. The van der Waals surface area contributed by atoms with E-state index in [2.05, 4.69) is 104 Å². The van der Waals surface area contributed by atoms with Gasteiger partial charge in [-0.2, -0.15) is 0 Å². The number of ether oxygens (including phenoxy) is 1. The number of aromatic nitrogens is 5. The van der Waals surface area contributed by atoms with Gasteiger partial charge >= 0.3 is 0 Å². The number of carbonyl (C=O) groups excluding carboxylic acids is 1. The molecule has 330 valence electrons. The Labute approximate surface area is 365 Å². The molecule has 0 unspecified atom stereocenters. The van der Waals surface area contributed by atoms with Gasteiger partial charge in [-0.25, -0.2) is 23.1 Å². The molecule has 0 saturated heterocycles. The molecule has 5 aromatic rings. The first-order valence-electron chi connectivity index (χ1n) is 21.9. The molecule has 0 fully saturated rings. The van der Waals surface area contributed by atoms with Crippen LogP contribution in [0.15, 0.2) is 71.9 Å². The molecule has 0 bridgehead atoms. The van der Waals surface area contributed by atoms with Gasteiger partial charge in [0.1, 0.15) is 16.2 Å². The third-order valence-electron chi connectivity index (χ3n) is 12.7. The van der Waals surface area contributed by atoms with Crippen molar-refractivity contribution >= 4 is 40.8 Å². The molecule has 2 aromatic heterocycles. The fraction of sp³-hybridized carbons (Fsp3) is 0.521. The van der Waals surface area contributed by atoms with Crippen LogP contribution in [0.1, 0.15) is 127 Å². The fourth-order valence-electron chi connectivity index (χ4n) is 7.57. The second-order valence-corrected chi connectivity index (χ2v) is 25.3. The van der Waals surface area contributed by atoms with Gasteiger partial charge in [0.25, 0.3) is 0 Å². The van der Waals surface area contributed by atoms with E-state index in [1.54, 1.807) is 30.6 Å². The van der Waals surface area contributed by atoms with Crippen LogP contribution in [0.25, 0.3) is 11.0 Å². The third kappa shape index (κ3) is 11.1. The lowest BCUT2D eigenvalue weighted by Crippen LogP contribution is -2.40. The Hall–Kier alpha value is -4.46. The number of nitrogens with zero attached hydrogens (tertiary/aromatic N) is 5. The number of carbonyl (C=O) groups is 1. The maximum atomic E-state index is 14.5. The molecule has 0 aliphatic carbocycles. The van der Waals surface area contributed by atoms with Crippen LogP contribution in [0, 0.1) is 19.3 Å². The molecule has 3 aromatic carbocycles. The number of hydrogen-bond donors (Lipinski definition) is 1. The summed E-state index contributed by atoms with van der Waals surface area (Å²) in [6.07, 6.45) is 7.79. The van der Waals surface area contributed by atoms with E-state index in [0.29, 0.717) is 36.8 Å². The van der Waals surface area contributed by atoms with Crippen molar-refractivity contribution in [2.45, 2.75) is 156 Å². The molecule has 2 heterocycles. The maximum absolute atomic E-state index is 14.5. The molecule has 1 atom stereocenters. The third-order valence-corrected chi connectivity index (χ3v) is 19.0. The van der Waals surface area contributed by atoms with Crippen molar-refractivity contribution in [2.75, 3.05) is 11.1 Å². The second-order valence-electron chi connectivity index (χ2n) is 18.4. The molecular formula is C48H68N6O5SSi. The van der Waals surface area contributed by atoms with E-state index in [9.17, 15) is 13.2 Å². The largest absolute Gasteiger partial charge is 0.489 e. The Morgan fingerprint density at radius 3 is 2.25 bits per heavy atom. The number of para-hydroxylation sites is 1. The number of anilines is 1. The Morgan fingerprint density at radius 2 is 1.59 bits per heavy atom. The Balaban J connectivity index is 1.36. The summed E-state index contributed by atoms with van der Waals surface area (Å²) in [5.74, 6) is 0.550. The lowest BCUT2D eigenvalue weighted by atomic mass is 9.69. The van der Waals surface area contributed by atoms with Gasteiger partial charge in [-0.1, -0.05) is 96.5 Å². The van der Waals surface area contributed by atoms with Gasteiger partial charge in [0.2, 0.25) is 5.91 Å². The quantitative estimate of drug-likeness (QED) is 0.0598. The number of sulfone groups is 1. The highest BCUT2D eigenvalue weighted by Gasteiger charge is 2.41. The van der Waals surface area contributed by atoms with Crippen molar-refractivity contribution < 1.29 is 22.4 Å². The highest BCUT2D eigenvalue weighted by atomic mass is 32.2. The number of nitrogens with one attached hydrogen (secondary N) is 1. The van der Waals surface area contributed by atoms with Gasteiger partial charge in [-0.05, 0) is 117 Å². The van der Waals surface area contributed by atoms with Gasteiger partial charge in [0.05, 0.1) is 47.5 Å². The van der Waals surface area contributed by atoms with Crippen LogP contribution in [-0.2, 0) is 38.6 Å². The van der Waals surface area contributed by atoms with Crippen LogP contribution in [-0.4, -0.2) is 59.5 Å². The van der Waals surface area contributed by atoms with E-state index < -0.39 is 23.6 Å². The van der Waals surface area contributed by atoms with E-state index in [1.165, 1.54) is 5.56 Å². The molecule has 5 rings (SSSR count). The zero-order valence-electron chi connectivity index (χ0n) is 38.6. The zero-order chi connectivity index (χ0) is 44.8. The normalized spacial score (nSPS) is 13.2. The summed E-state index contributed by atoms with van der Waals surface area (Å²) >= 11 is 0. The standard InChI is InChI=1S/C48H68N6O5SSi/c1-13-38(14-2)59-41-22-18-19-23-42(41)60(56,57)28-20-16-17-21-35-29-36(25-24-33(35)4)44(39-26-27-40-45(34(39)5)52-53-54(40)15-3)48(9,10)46(55)51-37-30-49-43(50-31-37)32-58-61(11,12)47(6,7)8/h18-19,22-27,29-31,38,44H,13-17,20-21,28,32H2,1-12H3,(H,51,55)/t44-/m0/s1.